The summed E-state index contributed by atoms with van der Waals surface area (Å²) in [6, 6.07) is 9.31. The molecular formula is C23H37NO2. The predicted molar refractivity (Wildman–Crippen MR) is 107 cm³/mol. The van der Waals surface area contributed by atoms with Crippen LogP contribution in [0.15, 0.2) is 24.3 Å². The number of rotatable bonds is 6. The van der Waals surface area contributed by atoms with Gasteiger partial charge in [-0.3, -0.25) is 0 Å². The highest BCUT2D eigenvalue weighted by Crippen LogP contribution is 2.36. The lowest BCUT2D eigenvalue weighted by Crippen LogP contribution is -2.52. The van der Waals surface area contributed by atoms with Crippen molar-refractivity contribution in [1.82, 2.24) is 4.90 Å². The van der Waals surface area contributed by atoms with E-state index in [1.165, 1.54) is 17.5 Å². The van der Waals surface area contributed by atoms with E-state index in [0.717, 1.165) is 45.7 Å². The van der Waals surface area contributed by atoms with Gasteiger partial charge < -0.3 is 14.4 Å². The summed E-state index contributed by atoms with van der Waals surface area (Å²) < 4.78 is 11.9. The molecule has 0 amide bonds. The Hall–Kier alpha value is -0.900. The van der Waals surface area contributed by atoms with Gasteiger partial charge in [0.2, 0.25) is 0 Å². The average molecular weight is 360 g/mol. The van der Waals surface area contributed by atoms with Gasteiger partial charge in [0.1, 0.15) is 0 Å². The van der Waals surface area contributed by atoms with Crippen LogP contribution < -0.4 is 0 Å². The lowest BCUT2D eigenvalue weighted by Gasteiger charge is -2.43. The third-order valence-corrected chi connectivity index (χ3v) is 6.61. The Labute approximate surface area is 160 Å². The molecular weight excluding hydrogens is 322 g/mol. The molecule has 3 heteroatoms. The van der Waals surface area contributed by atoms with E-state index in [4.69, 9.17) is 9.47 Å². The van der Waals surface area contributed by atoms with Crippen LogP contribution in [0.3, 0.4) is 0 Å². The topological polar surface area (TPSA) is 21.7 Å². The monoisotopic (exact) mass is 359 g/mol. The van der Waals surface area contributed by atoms with E-state index in [2.05, 4.69) is 63.8 Å². The highest BCUT2D eigenvalue weighted by Gasteiger charge is 2.45. The van der Waals surface area contributed by atoms with E-state index in [1.54, 1.807) is 0 Å². The van der Waals surface area contributed by atoms with Crippen LogP contribution in [0.2, 0.25) is 0 Å². The summed E-state index contributed by atoms with van der Waals surface area (Å²) in [6.45, 7) is 16.4. The van der Waals surface area contributed by atoms with E-state index in [-0.39, 0.29) is 11.2 Å². The molecule has 1 aromatic rings. The molecule has 2 fully saturated rings. The summed E-state index contributed by atoms with van der Waals surface area (Å²) in [5.74, 6) is 0.815. The second-order valence-corrected chi connectivity index (χ2v) is 9.16. The predicted octanol–water partition coefficient (Wildman–Crippen LogP) is 4.64. The van der Waals surface area contributed by atoms with Crippen LogP contribution in [0.25, 0.3) is 0 Å². The normalized spacial score (nSPS) is 24.9. The molecule has 2 aliphatic rings. The first-order valence-electron chi connectivity index (χ1n) is 10.4. The standard InChI is InChI=1S/C23H37NO2/c1-6-22(4,5)21-9-7-20(8-10-21)15-18(2)16-24-12-11-23(19(3)17-24)25-13-14-26-23/h7-10,18-19H,6,11-17H2,1-5H3. The molecule has 0 radical (unpaired) electrons. The molecule has 3 nitrogen and oxygen atoms in total. The number of piperidine rings is 1. The summed E-state index contributed by atoms with van der Waals surface area (Å²) in [5, 5.41) is 0. The summed E-state index contributed by atoms with van der Waals surface area (Å²) in [5.41, 5.74) is 3.18. The molecule has 3 rings (SSSR count). The van der Waals surface area contributed by atoms with Crippen LogP contribution in [0.1, 0.15) is 58.6 Å². The number of hydrogen-bond donors (Lipinski definition) is 0. The van der Waals surface area contributed by atoms with Crippen LogP contribution in [-0.2, 0) is 21.3 Å². The van der Waals surface area contributed by atoms with Crippen molar-refractivity contribution in [1.29, 1.82) is 0 Å². The second kappa shape index (κ2) is 8.00. The third-order valence-electron chi connectivity index (χ3n) is 6.61. The molecule has 2 saturated heterocycles. The molecule has 0 aromatic heterocycles. The Morgan fingerprint density at radius 3 is 2.42 bits per heavy atom. The quantitative estimate of drug-likeness (QED) is 0.739. The van der Waals surface area contributed by atoms with E-state index in [1.807, 2.05) is 0 Å². The number of benzene rings is 1. The van der Waals surface area contributed by atoms with Crippen LogP contribution >= 0.6 is 0 Å². The van der Waals surface area contributed by atoms with Crippen molar-refractivity contribution in [3.63, 3.8) is 0 Å². The molecule has 2 atom stereocenters. The van der Waals surface area contributed by atoms with Crippen LogP contribution in [-0.4, -0.2) is 43.5 Å². The molecule has 26 heavy (non-hydrogen) atoms. The summed E-state index contributed by atoms with van der Waals surface area (Å²) >= 11 is 0. The van der Waals surface area contributed by atoms with Crippen LogP contribution in [0.4, 0.5) is 0 Å². The fourth-order valence-corrected chi connectivity index (χ4v) is 4.45. The molecule has 146 valence electrons. The zero-order valence-corrected chi connectivity index (χ0v) is 17.4. The molecule has 0 saturated carbocycles. The van der Waals surface area contributed by atoms with Gasteiger partial charge in [-0.1, -0.05) is 58.9 Å². The Balaban J connectivity index is 1.51. The van der Waals surface area contributed by atoms with Gasteiger partial charge in [0.15, 0.2) is 5.79 Å². The van der Waals surface area contributed by atoms with Gasteiger partial charge in [0, 0.05) is 32.0 Å². The van der Waals surface area contributed by atoms with Crippen molar-refractivity contribution in [2.75, 3.05) is 32.8 Å². The van der Waals surface area contributed by atoms with Crippen molar-refractivity contribution in [2.45, 2.75) is 65.1 Å². The van der Waals surface area contributed by atoms with Crippen molar-refractivity contribution in [3.8, 4) is 0 Å². The average Bonchev–Trinajstić information content (AvgIpc) is 3.09. The fraction of sp³-hybridized carbons (Fsp3) is 0.739. The highest BCUT2D eigenvalue weighted by molar-refractivity contribution is 5.28. The molecule has 2 heterocycles. The van der Waals surface area contributed by atoms with Gasteiger partial charge in [-0.05, 0) is 35.3 Å². The fourth-order valence-electron chi connectivity index (χ4n) is 4.45. The van der Waals surface area contributed by atoms with Gasteiger partial charge in [-0.2, -0.15) is 0 Å². The number of hydrogen-bond acceptors (Lipinski definition) is 3. The van der Waals surface area contributed by atoms with E-state index in [0.29, 0.717) is 11.8 Å². The summed E-state index contributed by atoms with van der Waals surface area (Å²) in [4.78, 5) is 2.60. The SMILES string of the molecule is CCC(C)(C)c1ccc(CC(C)CN2CCC3(OCCO3)C(C)C2)cc1. The van der Waals surface area contributed by atoms with E-state index in [9.17, 15) is 0 Å². The minimum absolute atomic E-state index is 0.272. The maximum Gasteiger partial charge on any atom is 0.173 e. The molecule has 0 aliphatic carbocycles. The third kappa shape index (κ3) is 4.32. The first-order valence-corrected chi connectivity index (χ1v) is 10.4. The summed E-state index contributed by atoms with van der Waals surface area (Å²) in [7, 11) is 0. The zero-order valence-electron chi connectivity index (χ0n) is 17.4. The van der Waals surface area contributed by atoms with Gasteiger partial charge in [-0.15, -0.1) is 0 Å². The maximum atomic E-state index is 5.94. The smallest absolute Gasteiger partial charge is 0.173 e. The Kier molecular flexibility index (Phi) is 6.11. The molecule has 2 aliphatic heterocycles. The molecule has 2 unspecified atom stereocenters. The van der Waals surface area contributed by atoms with Gasteiger partial charge in [-0.25, -0.2) is 0 Å². The highest BCUT2D eigenvalue weighted by atomic mass is 16.7. The Bertz CT molecular complexity index is 574. The van der Waals surface area contributed by atoms with Crippen molar-refractivity contribution in [2.24, 2.45) is 11.8 Å². The van der Waals surface area contributed by atoms with Crippen molar-refractivity contribution in [3.05, 3.63) is 35.4 Å². The van der Waals surface area contributed by atoms with Gasteiger partial charge in [0.25, 0.3) is 0 Å². The minimum Gasteiger partial charge on any atom is -0.347 e. The molecule has 1 spiro atoms. The minimum atomic E-state index is -0.290. The first kappa shape index (κ1) is 19.9. The van der Waals surface area contributed by atoms with Crippen LogP contribution in [0, 0.1) is 11.8 Å². The number of nitrogens with zero attached hydrogens (tertiary/aromatic N) is 1. The Morgan fingerprint density at radius 2 is 1.85 bits per heavy atom. The number of ether oxygens (including phenoxy) is 2. The van der Waals surface area contributed by atoms with Crippen LogP contribution in [0.5, 0.6) is 0 Å². The van der Waals surface area contributed by atoms with Crippen molar-refractivity contribution >= 4 is 0 Å². The molecule has 0 N–H and O–H groups in total. The zero-order chi connectivity index (χ0) is 18.8. The molecule has 1 aromatic carbocycles. The lowest BCUT2D eigenvalue weighted by molar-refractivity contribution is -0.217. The Morgan fingerprint density at radius 1 is 1.19 bits per heavy atom. The van der Waals surface area contributed by atoms with Gasteiger partial charge >= 0.3 is 0 Å². The van der Waals surface area contributed by atoms with E-state index < -0.39 is 0 Å². The largest absolute Gasteiger partial charge is 0.347 e. The lowest BCUT2D eigenvalue weighted by atomic mass is 9.82. The maximum absolute atomic E-state index is 5.94. The summed E-state index contributed by atoms with van der Waals surface area (Å²) in [6.07, 6.45) is 3.32. The van der Waals surface area contributed by atoms with Crippen molar-refractivity contribution < 1.29 is 9.47 Å². The first-order chi connectivity index (χ1) is 12.3. The number of likely N-dealkylation sites (tertiary alicyclic amines) is 1. The van der Waals surface area contributed by atoms with Gasteiger partial charge in [0.05, 0.1) is 13.2 Å². The van der Waals surface area contributed by atoms with E-state index >= 15 is 0 Å². The second-order valence-electron chi connectivity index (χ2n) is 9.16. The molecule has 0 bridgehead atoms.